The number of hydrogen-bond acceptors (Lipinski definition) is 5. The molecule has 0 saturated carbocycles. The molecule has 2 fully saturated rings. The van der Waals surface area contributed by atoms with Gasteiger partial charge in [-0.2, -0.15) is 0 Å². The van der Waals surface area contributed by atoms with E-state index in [0.717, 1.165) is 28.0 Å². The van der Waals surface area contributed by atoms with Crippen LogP contribution in [0.2, 0.25) is 0 Å². The van der Waals surface area contributed by atoms with Gasteiger partial charge in [0.2, 0.25) is 0 Å². The van der Waals surface area contributed by atoms with Crippen LogP contribution in [0.4, 0.5) is 4.79 Å². The molecule has 2 heterocycles. The molecule has 0 spiro atoms. The van der Waals surface area contributed by atoms with E-state index in [2.05, 4.69) is 0 Å². The maximum absolute atomic E-state index is 12.9. The van der Waals surface area contributed by atoms with Crippen LogP contribution in [0.25, 0.3) is 0 Å². The molecule has 2 atom stereocenters. The fraction of sp³-hybridized carbons (Fsp3) is 0.458. The standard InChI is InChI=1S/C24H29NO5/c1-16-9-21(28-3)10-17(2)22(16)24(27)11-19-14-29-15-20(12-24)25(19)23(26)30-13-18-7-5-4-6-8-18/h4-10,19-20,27H,11-15H2,1-3H3. The van der Waals surface area contributed by atoms with Crippen molar-refractivity contribution in [3.63, 3.8) is 0 Å². The highest BCUT2D eigenvalue weighted by molar-refractivity contribution is 5.69. The number of amides is 1. The summed E-state index contributed by atoms with van der Waals surface area (Å²) in [4.78, 5) is 14.7. The van der Waals surface area contributed by atoms with E-state index in [-0.39, 0.29) is 24.8 Å². The number of benzene rings is 2. The quantitative estimate of drug-likeness (QED) is 0.831. The van der Waals surface area contributed by atoms with Gasteiger partial charge >= 0.3 is 6.09 Å². The predicted octanol–water partition coefficient (Wildman–Crippen LogP) is 3.70. The summed E-state index contributed by atoms with van der Waals surface area (Å²) in [7, 11) is 1.64. The van der Waals surface area contributed by atoms with E-state index in [9.17, 15) is 9.90 Å². The Morgan fingerprint density at radius 2 is 1.73 bits per heavy atom. The molecule has 2 aliphatic heterocycles. The van der Waals surface area contributed by atoms with E-state index in [1.165, 1.54) is 0 Å². The first-order chi connectivity index (χ1) is 14.4. The number of carbonyl (C=O) groups is 1. The summed E-state index contributed by atoms with van der Waals surface area (Å²) in [6.45, 7) is 5.02. The zero-order valence-corrected chi connectivity index (χ0v) is 17.8. The van der Waals surface area contributed by atoms with E-state index in [0.29, 0.717) is 26.1 Å². The highest BCUT2D eigenvalue weighted by Crippen LogP contribution is 2.44. The third-order valence-corrected chi connectivity index (χ3v) is 6.18. The Kier molecular flexibility index (Phi) is 5.71. The van der Waals surface area contributed by atoms with Gasteiger partial charge in [-0.15, -0.1) is 0 Å². The molecule has 0 aromatic heterocycles. The van der Waals surface area contributed by atoms with Gasteiger partial charge in [0.15, 0.2) is 0 Å². The first-order valence-corrected chi connectivity index (χ1v) is 10.4. The van der Waals surface area contributed by atoms with Gasteiger partial charge in [-0.1, -0.05) is 30.3 Å². The normalized spacial score (nSPS) is 25.7. The molecule has 6 heteroatoms. The zero-order chi connectivity index (χ0) is 21.3. The Balaban J connectivity index is 1.54. The third-order valence-electron chi connectivity index (χ3n) is 6.18. The van der Waals surface area contributed by atoms with Crippen molar-refractivity contribution in [2.75, 3.05) is 20.3 Å². The van der Waals surface area contributed by atoms with Crippen LogP contribution in [0.15, 0.2) is 42.5 Å². The van der Waals surface area contributed by atoms with Crippen molar-refractivity contribution in [1.82, 2.24) is 4.90 Å². The summed E-state index contributed by atoms with van der Waals surface area (Å²) in [5.74, 6) is 0.780. The van der Waals surface area contributed by atoms with Crippen LogP contribution in [-0.4, -0.2) is 48.5 Å². The summed E-state index contributed by atoms with van der Waals surface area (Å²) in [6, 6.07) is 13.1. The lowest BCUT2D eigenvalue weighted by molar-refractivity contribution is -0.137. The van der Waals surface area contributed by atoms with Crippen LogP contribution < -0.4 is 4.74 Å². The van der Waals surface area contributed by atoms with Gasteiger partial charge in [0, 0.05) is 12.8 Å². The molecule has 0 aliphatic carbocycles. The summed E-state index contributed by atoms with van der Waals surface area (Å²) in [5, 5.41) is 11.7. The number of rotatable bonds is 4. The van der Waals surface area contributed by atoms with E-state index < -0.39 is 5.60 Å². The van der Waals surface area contributed by atoms with Gasteiger partial charge in [0.25, 0.3) is 0 Å². The molecule has 2 aromatic carbocycles. The van der Waals surface area contributed by atoms with Crippen LogP contribution in [0.1, 0.15) is 35.1 Å². The SMILES string of the molecule is COc1cc(C)c(C2(O)CC3COCC(C2)N3C(=O)OCc2ccccc2)c(C)c1. The Morgan fingerprint density at radius 1 is 1.13 bits per heavy atom. The number of hydrogen-bond donors (Lipinski definition) is 1. The van der Waals surface area contributed by atoms with E-state index in [1.807, 2.05) is 56.3 Å². The monoisotopic (exact) mass is 411 g/mol. The number of aryl methyl sites for hydroxylation is 2. The maximum atomic E-state index is 12.9. The van der Waals surface area contributed by atoms with Crippen LogP contribution in [0, 0.1) is 13.8 Å². The van der Waals surface area contributed by atoms with E-state index >= 15 is 0 Å². The molecule has 0 radical (unpaired) electrons. The van der Waals surface area contributed by atoms with Crippen LogP contribution >= 0.6 is 0 Å². The smallest absolute Gasteiger partial charge is 0.410 e. The Bertz CT molecular complexity index is 876. The second kappa shape index (κ2) is 8.28. The molecular formula is C24H29NO5. The zero-order valence-electron chi connectivity index (χ0n) is 17.8. The average Bonchev–Trinajstić information content (AvgIpc) is 2.71. The van der Waals surface area contributed by atoms with Gasteiger partial charge in [-0.3, -0.25) is 4.90 Å². The Labute approximate surface area is 177 Å². The van der Waals surface area contributed by atoms with Crippen LogP contribution in [0.3, 0.4) is 0 Å². The molecule has 6 nitrogen and oxygen atoms in total. The highest BCUT2D eigenvalue weighted by Gasteiger charge is 2.50. The van der Waals surface area contributed by atoms with E-state index in [1.54, 1.807) is 12.0 Å². The molecule has 2 saturated heterocycles. The van der Waals surface area contributed by atoms with Crippen molar-refractivity contribution in [2.24, 2.45) is 0 Å². The lowest BCUT2D eigenvalue weighted by Crippen LogP contribution is -2.62. The minimum absolute atomic E-state index is 0.230. The fourth-order valence-electron chi connectivity index (χ4n) is 5.05. The summed E-state index contributed by atoms with van der Waals surface area (Å²) < 4.78 is 16.7. The summed E-state index contributed by atoms with van der Waals surface area (Å²) >= 11 is 0. The summed E-state index contributed by atoms with van der Waals surface area (Å²) in [5.41, 5.74) is 2.85. The molecule has 2 unspecified atom stereocenters. The second-order valence-electron chi connectivity index (χ2n) is 8.37. The first kappa shape index (κ1) is 20.7. The lowest BCUT2D eigenvalue weighted by atomic mass is 9.74. The molecule has 1 N–H and O–H groups in total. The molecule has 1 amide bonds. The maximum Gasteiger partial charge on any atom is 0.410 e. The van der Waals surface area contributed by atoms with E-state index in [4.69, 9.17) is 14.2 Å². The Hall–Kier alpha value is -2.57. The summed E-state index contributed by atoms with van der Waals surface area (Å²) in [6.07, 6.45) is 0.484. The van der Waals surface area contributed by atoms with Crippen molar-refractivity contribution in [2.45, 2.75) is 51.0 Å². The average molecular weight is 411 g/mol. The number of carbonyl (C=O) groups excluding carboxylic acids is 1. The molecular weight excluding hydrogens is 382 g/mol. The number of aliphatic hydroxyl groups is 1. The fourth-order valence-corrected chi connectivity index (χ4v) is 5.05. The number of fused-ring (bicyclic) bond motifs is 2. The van der Waals surface area contributed by atoms with Crippen molar-refractivity contribution in [3.8, 4) is 5.75 Å². The second-order valence-corrected chi connectivity index (χ2v) is 8.37. The van der Waals surface area contributed by atoms with Crippen molar-refractivity contribution in [1.29, 1.82) is 0 Å². The van der Waals surface area contributed by atoms with Gasteiger partial charge in [-0.05, 0) is 48.2 Å². The molecule has 2 bridgehead atoms. The van der Waals surface area contributed by atoms with Crippen molar-refractivity contribution < 1.29 is 24.1 Å². The predicted molar refractivity (Wildman–Crippen MR) is 112 cm³/mol. The number of methoxy groups -OCH3 is 1. The van der Waals surface area contributed by atoms with Gasteiger partial charge in [0.1, 0.15) is 12.4 Å². The van der Waals surface area contributed by atoms with Crippen LogP contribution in [-0.2, 0) is 21.7 Å². The minimum Gasteiger partial charge on any atom is -0.497 e. The molecule has 160 valence electrons. The number of piperidine rings is 1. The van der Waals surface area contributed by atoms with Gasteiger partial charge in [-0.25, -0.2) is 4.79 Å². The molecule has 2 aromatic rings. The third kappa shape index (κ3) is 3.89. The topological polar surface area (TPSA) is 68.2 Å². The molecule has 30 heavy (non-hydrogen) atoms. The van der Waals surface area contributed by atoms with Crippen molar-refractivity contribution >= 4 is 6.09 Å². The lowest BCUT2D eigenvalue weighted by Gasteiger charge is -2.51. The van der Waals surface area contributed by atoms with Gasteiger partial charge in [0.05, 0.1) is 38.0 Å². The largest absolute Gasteiger partial charge is 0.497 e. The molecule has 2 aliphatic rings. The number of morpholine rings is 1. The highest BCUT2D eigenvalue weighted by atomic mass is 16.6. The molecule has 4 rings (SSSR count). The number of ether oxygens (including phenoxy) is 3. The van der Waals surface area contributed by atoms with Crippen molar-refractivity contribution in [3.05, 3.63) is 64.7 Å². The number of nitrogens with zero attached hydrogens (tertiary/aromatic N) is 1. The first-order valence-electron chi connectivity index (χ1n) is 10.4. The minimum atomic E-state index is -1.02. The Morgan fingerprint density at radius 3 is 2.30 bits per heavy atom. The van der Waals surface area contributed by atoms with Gasteiger partial charge < -0.3 is 19.3 Å². The van der Waals surface area contributed by atoms with Crippen LogP contribution in [0.5, 0.6) is 5.75 Å².